The average Bonchev–Trinajstić information content (AvgIpc) is 2.98. The van der Waals surface area contributed by atoms with Gasteiger partial charge in [-0.2, -0.15) is 0 Å². The number of carbonyl (C=O) groups is 2. The van der Waals surface area contributed by atoms with Gasteiger partial charge >= 0.3 is 5.97 Å². The summed E-state index contributed by atoms with van der Waals surface area (Å²) in [6, 6.07) is 5.70. The number of anilines is 1. The molecule has 1 aromatic carbocycles. The van der Waals surface area contributed by atoms with Crippen molar-refractivity contribution < 1.29 is 22.7 Å². The van der Waals surface area contributed by atoms with Crippen LogP contribution in [0.4, 0.5) is 5.00 Å². The van der Waals surface area contributed by atoms with Crippen LogP contribution in [0.15, 0.2) is 29.2 Å². The van der Waals surface area contributed by atoms with Gasteiger partial charge in [0.15, 0.2) is 9.84 Å². The molecule has 150 valence electrons. The van der Waals surface area contributed by atoms with Crippen molar-refractivity contribution in [3.8, 4) is 0 Å². The van der Waals surface area contributed by atoms with E-state index in [0.29, 0.717) is 22.7 Å². The normalized spacial score (nSPS) is 14.4. The molecule has 1 aliphatic rings. The van der Waals surface area contributed by atoms with Gasteiger partial charge < -0.3 is 15.0 Å². The molecule has 0 saturated heterocycles. The van der Waals surface area contributed by atoms with Gasteiger partial charge in [0, 0.05) is 29.8 Å². The summed E-state index contributed by atoms with van der Waals surface area (Å²) in [5.74, 6) is -0.843. The first-order valence-electron chi connectivity index (χ1n) is 8.82. The summed E-state index contributed by atoms with van der Waals surface area (Å²) in [4.78, 5) is 28.5. The zero-order chi connectivity index (χ0) is 20.5. The number of hydrogen-bond acceptors (Lipinski definition) is 7. The topological polar surface area (TPSA) is 92.8 Å². The molecule has 3 rings (SSSR count). The molecule has 2 aromatic rings. The fraction of sp³-hybridized carbons (Fsp3) is 0.368. The Morgan fingerprint density at radius 1 is 1.25 bits per heavy atom. The van der Waals surface area contributed by atoms with E-state index in [4.69, 9.17) is 4.74 Å². The zero-order valence-electron chi connectivity index (χ0n) is 15.9. The van der Waals surface area contributed by atoms with Crippen LogP contribution in [-0.2, 0) is 27.5 Å². The van der Waals surface area contributed by atoms with Gasteiger partial charge in [-0.3, -0.25) is 4.79 Å². The SMILES string of the molecule is CCOC(=O)c1c(NC(=O)c2ccc(S(C)(=O)=O)cc2)sc2c1CCN(C)C2. The van der Waals surface area contributed by atoms with Crippen molar-refractivity contribution in [3.63, 3.8) is 0 Å². The molecular weight excluding hydrogens is 400 g/mol. The van der Waals surface area contributed by atoms with Crippen molar-refractivity contribution in [2.75, 3.05) is 31.8 Å². The molecule has 0 aliphatic carbocycles. The number of sulfone groups is 1. The fourth-order valence-corrected chi connectivity index (χ4v) is 5.01. The quantitative estimate of drug-likeness (QED) is 0.745. The van der Waals surface area contributed by atoms with E-state index >= 15 is 0 Å². The van der Waals surface area contributed by atoms with E-state index in [2.05, 4.69) is 10.2 Å². The molecule has 1 amide bonds. The van der Waals surface area contributed by atoms with Gasteiger partial charge in [0.1, 0.15) is 5.00 Å². The zero-order valence-corrected chi connectivity index (χ0v) is 17.6. The van der Waals surface area contributed by atoms with Gasteiger partial charge in [-0.1, -0.05) is 0 Å². The van der Waals surface area contributed by atoms with Crippen molar-refractivity contribution >= 4 is 38.1 Å². The number of fused-ring (bicyclic) bond motifs is 1. The molecule has 0 bridgehead atoms. The Hall–Kier alpha value is -2.23. The Bertz CT molecular complexity index is 1010. The molecule has 0 spiro atoms. The van der Waals surface area contributed by atoms with Crippen molar-refractivity contribution in [2.45, 2.75) is 24.8 Å². The third-order valence-electron chi connectivity index (χ3n) is 4.50. The highest BCUT2D eigenvalue weighted by molar-refractivity contribution is 7.90. The summed E-state index contributed by atoms with van der Waals surface area (Å²) in [6.07, 6.45) is 1.83. The second-order valence-electron chi connectivity index (χ2n) is 6.67. The first-order valence-corrected chi connectivity index (χ1v) is 11.5. The molecule has 1 aromatic heterocycles. The lowest BCUT2D eigenvalue weighted by Gasteiger charge is -2.22. The summed E-state index contributed by atoms with van der Waals surface area (Å²) < 4.78 is 28.3. The number of nitrogens with one attached hydrogen (secondary N) is 1. The molecule has 0 unspecified atom stereocenters. The van der Waals surface area contributed by atoms with Gasteiger partial charge in [0.25, 0.3) is 5.91 Å². The van der Waals surface area contributed by atoms with Crippen LogP contribution >= 0.6 is 11.3 Å². The minimum atomic E-state index is -3.33. The predicted molar refractivity (Wildman–Crippen MR) is 108 cm³/mol. The average molecular weight is 423 g/mol. The Morgan fingerprint density at radius 3 is 2.54 bits per heavy atom. The number of likely N-dealkylation sites (N-methyl/N-ethyl adjacent to an activating group) is 1. The largest absolute Gasteiger partial charge is 0.462 e. The van der Waals surface area contributed by atoms with Crippen molar-refractivity contribution in [1.29, 1.82) is 0 Å². The molecule has 1 N–H and O–H groups in total. The van der Waals surface area contributed by atoms with Crippen molar-refractivity contribution in [3.05, 3.63) is 45.8 Å². The third kappa shape index (κ3) is 4.26. The highest BCUT2D eigenvalue weighted by Crippen LogP contribution is 2.37. The lowest BCUT2D eigenvalue weighted by molar-refractivity contribution is 0.0526. The molecule has 0 radical (unpaired) electrons. The summed E-state index contributed by atoms with van der Waals surface area (Å²) in [5, 5.41) is 3.28. The summed E-state index contributed by atoms with van der Waals surface area (Å²) in [7, 11) is -1.32. The van der Waals surface area contributed by atoms with Gasteiger partial charge in [-0.25, -0.2) is 13.2 Å². The number of amides is 1. The number of carbonyl (C=O) groups excluding carboxylic acids is 2. The number of nitrogens with zero attached hydrogens (tertiary/aromatic N) is 1. The second-order valence-corrected chi connectivity index (χ2v) is 9.79. The van der Waals surface area contributed by atoms with Crippen LogP contribution in [0.3, 0.4) is 0 Å². The number of ether oxygens (including phenoxy) is 1. The first-order chi connectivity index (χ1) is 13.2. The molecule has 9 heteroatoms. The molecular formula is C19H22N2O5S2. The molecule has 2 heterocycles. The van der Waals surface area contributed by atoms with Crippen LogP contribution < -0.4 is 5.32 Å². The smallest absolute Gasteiger partial charge is 0.341 e. The third-order valence-corrected chi connectivity index (χ3v) is 6.76. The van der Waals surface area contributed by atoms with Gasteiger partial charge in [0.05, 0.1) is 17.1 Å². The molecule has 28 heavy (non-hydrogen) atoms. The molecule has 0 atom stereocenters. The van der Waals surface area contributed by atoms with Crippen LogP contribution in [-0.4, -0.2) is 51.6 Å². The van der Waals surface area contributed by atoms with E-state index in [1.807, 2.05) is 7.05 Å². The Balaban J connectivity index is 1.91. The number of rotatable bonds is 5. The summed E-state index contributed by atoms with van der Waals surface area (Å²) in [5.41, 5.74) is 1.67. The molecule has 7 nitrogen and oxygen atoms in total. The maximum absolute atomic E-state index is 12.7. The monoisotopic (exact) mass is 422 g/mol. The highest BCUT2D eigenvalue weighted by Gasteiger charge is 2.28. The number of hydrogen-bond donors (Lipinski definition) is 1. The van der Waals surface area contributed by atoms with E-state index in [0.717, 1.165) is 29.7 Å². The van der Waals surface area contributed by atoms with E-state index in [9.17, 15) is 18.0 Å². The summed E-state index contributed by atoms with van der Waals surface area (Å²) >= 11 is 1.38. The predicted octanol–water partition coefficient (Wildman–Crippen LogP) is 2.57. The van der Waals surface area contributed by atoms with Gasteiger partial charge in [0.2, 0.25) is 0 Å². The minimum absolute atomic E-state index is 0.144. The van der Waals surface area contributed by atoms with Crippen LogP contribution in [0.25, 0.3) is 0 Å². The lowest BCUT2D eigenvalue weighted by atomic mass is 10.0. The van der Waals surface area contributed by atoms with Crippen LogP contribution in [0, 0.1) is 0 Å². The lowest BCUT2D eigenvalue weighted by Crippen LogP contribution is -2.26. The highest BCUT2D eigenvalue weighted by atomic mass is 32.2. The van der Waals surface area contributed by atoms with Crippen molar-refractivity contribution in [1.82, 2.24) is 4.90 Å². The Kier molecular flexibility index (Phi) is 5.87. The van der Waals surface area contributed by atoms with Crippen LogP contribution in [0.5, 0.6) is 0 Å². The van der Waals surface area contributed by atoms with Gasteiger partial charge in [-0.05, 0) is 50.2 Å². The molecule has 1 aliphatic heterocycles. The maximum Gasteiger partial charge on any atom is 0.341 e. The van der Waals surface area contributed by atoms with Crippen LogP contribution in [0.1, 0.15) is 38.1 Å². The molecule has 0 fully saturated rings. The second kappa shape index (κ2) is 8.02. The number of thiophene rings is 1. The number of esters is 1. The Labute approximate surface area is 168 Å². The van der Waals surface area contributed by atoms with E-state index < -0.39 is 21.7 Å². The van der Waals surface area contributed by atoms with E-state index in [1.165, 1.54) is 35.6 Å². The standard InChI is InChI=1S/C19H22N2O5S2/c1-4-26-19(23)16-14-9-10-21(2)11-15(14)27-18(16)20-17(22)12-5-7-13(8-6-12)28(3,24)25/h5-8H,4,9-11H2,1-3H3,(H,20,22). The van der Waals surface area contributed by atoms with Crippen LogP contribution in [0.2, 0.25) is 0 Å². The van der Waals surface area contributed by atoms with Crippen molar-refractivity contribution in [2.24, 2.45) is 0 Å². The maximum atomic E-state index is 12.7. The summed E-state index contributed by atoms with van der Waals surface area (Å²) in [6.45, 7) is 3.54. The first kappa shape index (κ1) is 20.5. The van der Waals surface area contributed by atoms with Gasteiger partial charge in [-0.15, -0.1) is 11.3 Å². The fourth-order valence-electron chi connectivity index (χ4n) is 3.07. The minimum Gasteiger partial charge on any atom is -0.462 e. The van der Waals surface area contributed by atoms with E-state index in [1.54, 1.807) is 6.92 Å². The number of benzene rings is 1. The Morgan fingerprint density at radius 2 is 1.93 bits per heavy atom. The molecule has 0 saturated carbocycles. The van der Waals surface area contributed by atoms with E-state index in [-0.39, 0.29) is 11.5 Å².